The van der Waals surface area contributed by atoms with Crippen LogP contribution in [-0.2, 0) is 0 Å². The van der Waals surface area contributed by atoms with Crippen LogP contribution < -0.4 is 4.90 Å². The van der Waals surface area contributed by atoms with Crippen molar-refractivity contribution in [1.29, 1.82) is 0 Å². The van der Waals surface area contributed by atoms with Crippen molar-refractivity contribution in [3.63, 3.8) is 0 Å². The fourth-order valence-electron chi connectivity index (χ4n) is 6.01. The minimum Gasteiger partial charge on any atom is -0.310 e. The summed E-state index contributed by atoms with van der Waals surface area (Å²) < 4.78 is 2.67. The average molecular weight is 554 g/mol. The quantitative estimate of drug-likeness (QED) is 0.205. The number of rotatable bonds is 5. The lowest BCUT2D eigenvalue weighted by Crippen LogP contribution is -2.10. The van der Waals surface area contributed by atoms with E-state index in [0.717, 1.165) is 11.4 Å². The number of hydrogen-bond donors (Lipinski definition) is 0. The second-order valence-electron chi connectivity index (χ2n) is 10.6. The molecule has 1 heterocycles. The van der Waals surface area contributed by atoms with Gasteiger partial charge in [-0.05, 0) is 58.7 Å². The van der Waals surface area contributed by atoms with Gasteiger partial charge in [-0.25, -0.2) is 0 Å². The zero-order chi connectivity index (χ0) is 27.9. The monoisotopic (exact) mass is 553 g/mol. The minimum absolute atomic E-state index is 1.13. The van der Waals surface area contributed by atoms with E-state index in [1.165, 1.54) is 58.9 Å². The fraction of sp³-hybridized carbons (Fsp3) is 0. The molecule has 0 aliphatic heterocycles. The first kappa shape index (κ1) is 24.6. The molecule has 0 saturated carbocycles. The van der Waals surface area contributed by atoms with Gasteiger partial charge >= 0.3 is 0 Å². The Morgan fingerprint density at radius 2 is 0.833 bits per heavy atom. The molecule has 0 spiro atoms. The number of thiophene rings is 1. The van der Waals surface area contributed by atoms with Crippen molar-refractivity contribution in [2.45, 2.75) is 0 Å². The van der Waals surface area contributed by atoms with Crippen molar-refractivity contribution in [3.8, 4) is 22.3 Å². The van der Waals surface area contributed by atoms with Crippen molar-refractivity contribution in [3.05, 3.63) is 164 Å². The number of nitrogens with zero attached hydrogens (tertiary/aromatic N) is 1. The van der Waals surface area contributed by atoms with Crippen molar-refractivity contribution in [1.82, 2.24) is 0 Å². The van der Waals surface area contributed by atoms with Gasteiger partial charge in [0.25, 0.3) is 0 Å². The van der Waals surface area contributed by atoms with E-state index in [1.807, 2.05) is 11.3 Å². The van der Waals surface area contributed by atoms with Gasteiger partial charge in [0, 0.05) is 42.3 Å². The third-order valence-corrected chi connectivity index (χ3v) is 9.29. The maximum absolute atomic E-state index is 2.40. The van der Waals surface area contributed by atoms with E-state index in [0.29, 0.717) is 0 Å². The summed E-state index contributed by atoms with van der Waals surface area (Å²) in [5, 5.41) is 5.16. The van der Waals surface area contributed by atoms with Gasteiger partial charge in [-0.15, -0.1) is 11.3 Å². The molecule has 42 heavy (non-hydrogen) atoms. The van der Waals surface area contributed by atoms with Gasteiger partial charge < -0.3 is 4.90 Å². The van der Waals surface area contributed by atoms with Crippen molar-refractivity contribution >= 4 is 59.3 Å². The Kier molecular flexibility index (Phi) is 6.05. The first-order valence-corrected chi connectivity index (χ1v) is 15.1. The van der Waals surface area contributed by atoms with E-state index in [2.05, 4.69) is 169 Å². The lowest BCUT2D eigenvalue weighted by Gasteiger charge is -2.27. The molecule has 0 bridgehead atoms. The van der Waals surface area contributed by atoms with Crippen molar-refractivity contribution < 1.29 is 0 Å². The standard InChI is InChI=1S/C40H27NS/c1-3-11-28(12-4-1)29-19-21-30(22-20-29)31-23-25-33(26-24-31)41(32-13-5-2-6-14-32)38-27-37-35-16-9-10-18-39(35)42-40(37)36-17-8-7-15-34(36)38/h1-27H. The molecule has 1 nitrogen and oxygen atoms in total. The zero-order valence-corrected chi connectivity index (χ0v) is 23.8. The Labute approximate surface area is 249 Å². The number of benzene rings is 7. The maximum Gasteiger partial charge on any atom is 0.0547 e. The first-order valence-electron chi connectivity index (χ1n) is 14.3. The summed E-state index contributed by atoms with van der Waals surface area (Å²) in [5.74, 6) is 0. The predicted molar refractivity (Wildman–Crippen MR) is 182 cm³/mol. The highest BCUT2D eigenvalue weighted by atomic mass is 32.1. The number of fused-ring (bicyclic) bond motifs is 5. The van der Waals surface area contributed by atoms with Crippen LogP contribution in [0.1, 0.15) is 0 Å². The number of hydrogen-bond acceptors (Lipinski definition) is 2. The molecule has 0 N–H and O–H groups in total. The Balaban J connectivity index is 1.26. The van der Waals surface area contributed by atoms with Crippen LogP contribution in [0.4, 0.5) is 17.1 Å². The summed E-state index contributed by atoms with van der Waals surface area (Å²) in [6.45, 7) is 0. The van der Waals surface area contributed by atoms with Crippen molar-refractivity contribution in [2.24, 2.45) is 0 Å². The van der Waals surface area contributed by atoms with Crippen LogP contribution in [0.2, 0.25) is 0 Å². The van der Waals surface area contributed by atoms with E-state index in [4.69, 9.17) is 0 Å². The summed E-state index contributed by atoms with van der Waals surface area (Å²) in [6.07, 6.45) is 0. The Morgan fingerprint density at radius 1 is 0.357 bits per heavy atom. The highest BCUT2D eigenvalue weighted by molar-refractivity contribution is 7.26. The maximum atomic E-state index is 2.40. The number of anilines is 3. The molecule has 8 rings (SSSR count). The highest BCUT2D eigenvalue weighted by Gasteiger charge is 2.19. The molecular weight excluding hydrogens is 527 g/mol. The summed E-state index contributed by atoms with van der Waals surface area (Å²) in [4.78, 5) is 2.40. The Bertz CT molecular complexity index is 2160. The van der Waals surface area contributed by atoms with Gasteiger partial charge in [-0.1, -0.05) is 127 Å². The van der Waals surface area contributed by atoms with Crippen molar-refractivity contribution in [2.75, 3.05) is 4.90 Å². The van der Waals surface area contributed by atoms with Gasteiger partial charge in [-0.2, -0.15) is 0 Å². The van der Waals surface area contributed by atoms with Crippen LogP contribution in [0.15, 0.2) is 164 Å². The van der Waals surface area contributed by atoms with E-state index in [9.17, 15) is 0 Å². The molecule has 7 aromatic carbocycles. The minimum atomic E-state index is 1.13. The van der Waals surface area contributed by atoms with E-state index >= 15 is 0 Å². The molecule has 0 atom stereocenters. The van der Waals surface area contributed by atoms with Gasteiger partial charge in [0.1, 0.15) is 0 Å². The van der Waals surface area contributed by atoms with Gasteiger partial charge in [0.05, 0.1) is 5.69 Å². The smallest absolute Gasteiger partial charge is 0.0547 e. The molecule has 0 aliphatic rings. The van der Waals surface area contributed by atoms with Crippen LogP contribution in [-0.4, -0.2) is 0 Å². The molecular formula is C40H27NS. The third kappa shape index (κ3) is 4.25. The molecule has 0 radical (unpaired) electrons. The van der Waals surface area contributed by atoms with Gasteiger partial charge in [-0.3, -0.25) is 0 Å². The normalized spacial score (nSPS) is 11.3. The van der Waals surface area contributed by atoms with Gasteiger partial charge in [0.2, 0.25) is 0 Å². The van der Waals surface area contributed by atoms with Crippen LogP contribution >= 0.6 is 11.3 Å². The largest absolute Gasteiger partial charge is 0.310 e. The van der Waals surface area contributed by atoms with E-state index in [-0.39, 0.29) is 0 Å². The zero-order valence-electron chi connectivity index (χ0n) is 22.9. The lowest BCUT2D eigenvalue weighted by molar-refractivity contribution is 1.30. The first-order chi connectivity index (χ1) is 20.8. The molecule has 0 fully saturated rings. The molecule has 0 aliphatic carbocycles. The topological polar surface area (TPSA) is 3.24 Å². The third-order valence-electron chi connectivity index (χ3n) is 8.07. The molecule has 8 aromatic rings. The molecule has 0 unspecified atom stereocenters. The summed E-state index contributed by atoms with van der Waals surface area (Å²) in [6, 6.07) is 59.0. The van der Waals surface area contributed by atoms with Crippen LogP contribution in [0, 0.1) is 0 Å². The van der Waals surface area contributed by atoms with Crippen LogP contribution in [0.25, 0.3) is 53.2 Å². The fourth-order valence-corrected chi connectivity index (χ4v) is 7.23. The average Bonchev–Trinajstić information content (AvgIpc) is 3.45. The van der Waals surface area contributed by atoms with E-state index in [1.54, 1.807) is 0 Å². The highest BCUT2D eigenvalue weighted by Crippen LogP contribution is 2.46. The number of para-hydroxylation sites is 1. The van der Waals surface area contributed by atoms with Crippen LogP contribution in [0.5, 0.6) is 0 Å². The van der Waals surface area contributed by atoms with E-state index < -0.39 is 0 Å². The molecule has 198 valence electrons. The second kappa shape index (κ2) is 10.3. The molecule has 0 amide bonds. The summed E-state index contributed by atoms with van der Waals surface area (Å²) in [7, 11) is 0. The van der Waals surface area contributed by atoms with Crippen LogP contribution in [0.3, 0.4) is 0 Å². The molecule has 2 heteroatoms. The molecule has 0 saturated heterocycles. The second-order valence-corrected chi connectivity index (χ2v) is 11.6. The Hall–Kier alpha value is -5.18. The van der Waals surface area contributed by atoms with Gasteiger partial charge in [0.15, 0.2) is 0 Å². The lowest BCUT2D eigenvalue weighted by atomic mass is 9.99. The summed E-state index contributed by atoms with van der Waals surface area (Å²) in [5.41, 5.74) is 8.35. The SMILES string of the molecule is c1ccc(-c2ccc(-c3ccc(N(c4ccccc4)c4cc5c6ccccc6sc5c5ccccc45)cc3)cc2)cc1. The predicted octanol–water partition coefficient (Wildman–Crippen LogP) is 12.0. The summed E-state index contributed by atoms with van der Waals surface area (Å²) >= 11 is 1.88. The Morgan fingerprint density at radius 3 is 1.50 bits per heavy atom. The molecule has 1 aromatic heterocycles.